The van der Waals surface area contributed by atoms with Crippen molar-refractivity contribution in [3.8, 4) is 0 Å². The number of likely N-dealkylation sites (N-methyl/N-ethyl adjacent to an activating group) is 2. The molecule has 1 saturated heterocycles. The van der Waals surface area contributed by atoms with Crippen LogP contribution in [0, 0.1) is 0 Å². The summed E-state index contributed by atoms with van der Waals surface area (Å²) in [7, 11) is 0.478. The summed E-state index contributed by atoms with van der Waals surface area (Å²) in [6, 6.07) is 6.74. The van der Waals surface area contributed by atoms with Crippen LogP contribution in [0.15, 0.2) is 29.2 Å². The summed E-state index contributed by atoms with van der Waals surface area (Å²) in [5.41, 5.74) is 2.81. The number of benzene rings is 1. The van der Waals surface area contributed by atoms with Crippen LogP contribution in [-0.4, -0.2) is 64.5 Å². The zero-order valence-corrected chi connectivity index (χ0v) is 13.2. The van der Waals surface area contributed by atoms with E-state index in [4.69, 9.17) is 5.84 Å². The van der Waals surface area contributed by atoms with Crippen molar-refractivity contribution in [3.05, 3.63) is 24.3 Å². The van der Waals surface area contributed by atoms with E-state index in [0.29, 0.717) is 12.2 Å². The van der Waals surface area contributed by atoms with Gasteiger partial charge in [0, 0.05) is 32.2 Å². The second-order valence-electron chi connectivity index (χ2n) is 5.39. The smallest absolute Gasteiger partial charge is 0.242 e. The van der Waals surface area contributed by atoms with Crippen LogP contribution in [0.5, 0.6) is 0 Å². The lowest BCUT2D eigenvalue weighted by Gasteiger charge is -2.37. The van der Waals surface area contributed by atoms with Gasteiger partial charge in [-0.15, -0.1) is 0 Å². The van der Waals surface area contributed by atoms with Crippen LogP contribution >= 0.6 is 0 Å². The van der Waals surface area contributed by atoms with Gasteiger partial charge in [-0.25, -0.2) is 13.1 Å². The topological polar surface area (TPSA) is 90.7 Å². The standard InChI is InChI=1S/C13H23N5O2S/c1-17-7-8-18(2)11(10-17)9-15-21(19,20)13-6-4-3-5-12(13)16-14/h3-6,11,15-16H,7-10,14H2,1-2H3. The highest BCUT2D eigenvalue weighted by atomic mass is 32.2. The van der Waals surface area contributed by atoms with Gasteiger partial charge in [-0.1, -0.05) is 12.1 Å². The van der Waals surface area contributed by atoms with Gasteiger partial charge in [-0.3, -0.25) is 10.7 Å². The van der Waals surface area contributed by atoms with Crippen molar-refractivity contribution in [2.45, 2.75) is 10.9 Å². The Labute approximate surface area is 126 Å². The van der Waals surface area contributed by atoms with Crippen molar-refractivity contribution in [2.75, 3.05) is 45.7 Å². The molecule has 7 nitrogen and oxygen atoms in total. The summed E-state index contributed by atoms with van der Waals surface area (Å²) in [4.78, 5) is 4.54. The first kappa shape index (κ1) is 16.2. The Hall–Kier alpha value is -1.19. The molecular weight excluding hydrogens is 290 g/mol. The van der Waals surface area contributed by atoms with E-state index in [9.17, 15) is 8.42 Å². The van der Waals surface area contributed by atoms with E-state index in [-0.39, 0.29) is 10.9 Å². The highest BCUT2D eigenvalue weighted by Gasteiger charge is 2.25. The number of hydrogen-bond acceptors (Lipinski definition) is 6. The molecule has 0 aromatic heterocycles. The van der Waals surface area contributed by atoms with Crippen molar-refractivity contribution >= 4 is 15.7 Å². The number of sulfonamides is 1. The number of nitrogens with one attached hydrogen (secondary N) is 2. The predicted octanol–water partition coefficient (Wildman–Crippen LogP) is -0.504. The summed E-state index contributed by atoms with van der Waals surface area (Å²) in [6.07, 6.45) is 0. The number of hydrazine groups is 1. The van der Waals surface area contributed by atoms with E-state index in [0.717, 1.165) is 19.6 Å². The average Bonchev–Trinajstić information content (AvgIpc) is 2.48. The summed E-state index contributed by atoms with van der Waals surface area (Å²) in [5, 5.41) is 0. The van der Waals surface area contributed by atoms with Gasteiger partial charge in [0.15, 0.2) is 0 Å². The monoisotopic (exact) mass is 313 g/mol. The fraction of sp³-hybridized carbons (Fsp3) is 0.538. The maximum Gasteiger partial charge on any atom is 0.242 e. The maximum absolute atomic E-state index is 12.4. The molecule has 4 N–H and O–H groups in total. The fourth-order valence-electron chi connectivity index (χ4n) is 2.43. The molecule has 1 aromatic carbocycles. The molecule has 1 fully saturated rings. The molecule has 118 valence electrons. The molecule has 0 amide bonds. The number of nitrogen functional groups attached to an aromatic ring is 1. The number of anilines is 1. The summed E-state index contributed by atoms with van der Waals surface area (Å²) < 4.78 is 27.5. The Morgan fingerprint density at radius 3 is 2.71 bits per heavy atom. The molecule has 2 rings (SSSR count). The van der Waals surface area contributed by atoms with Crippen LogP contribution in [0.2, 0.25) is 0 Å². The SMILES string of the molecule is CN1CCN(C)C(CNS(=O)(=O)c2ccccc2NN)C1. The van der Waals surface area contributed by atoms with Crippen LogP contribution in [0.25, 0.3) is 0 Å². The third-order valence-corrected chi connectivity index (χ3v) is 5.30. The van der Waals surface area contributed by atoms with Gasteiger partial charge in [0.1, 0.15) is 4.90 Å². The van der Waals surface area contributed by atoms with E-state index in [2.05, 4.69) is 19.9 Å². The number of piperazine rings is 1. The minimum absolute atomic E-state index is 0.163. The van der Waals surface area contributed by atoms with Gasteiger partial charge in [0.05, 0.1) is 5.69 Å². The number of rotatable bonds is 5. The molecular formula is C13H23N5O2S. The van der Waals surface area contributed by atoms with Gasteiger partial charge in [0.25, 0.3) is 0 Å². The molecule has 21 heavy (non-hydrogen) atoms. The number of para-hydroxylation sites is 1. The number of nitrogens with zero attached hydrogens (tertiary/aromatic N) is 2. The minimum Gasteiger partial charge on any atom is -0.323 e. The molecule has 1 aromatic rings. The van der Waals surface area contributed by atoms with Crippen LogP contribution in [0.3, 0.4) is 0 Å². The molecule has 8 heteroatoms. The number of nitrogens with two attached hydrogens (primary N) is 1. The summed E-state index contributed by atoms with van der Waals surface area (Å²) in [6.45, 7) is 3.15. The maximum atomic E-state index is 12.4. The van der Waals surface area contributed by atoms with Crippen LogP contribution in [0.1, 0.15) is 0 Å². The Morgan fingerprint density at radius 2 is 2.00 bits per heavy atom. The lowest BCUT2D eigenvalue weighted by Crippen LogP contribution is -2.54. The lowest BCUT2D eigenvalue weighted by atomic mass is 10.2. The Morgan fingerprint density at radius 1 is 1.29 bits per heavy atom. The van der Waals surface area contributed by atoms with E-state index >= 15 is 0 Å². The van der Waals surface area contributed by atoms with Gasteiger partial charge in [0.2, 0.25) is 10.0 Å². The van der Waals surface area contributed by atoms with Crippen molar-refractivity contribution in [2.24, 2.45) is 5.84 Å². The molecule has 0 spiro atoms. The fourth-order valence-corrected chi connectivity index (χ4v) is 3.67. The Kier molecular flexibility index (Phi) is 5.17. The van der Waals surface area contributed by atoms with Crippen LogP contribution in [-0.2, 0) is 10.0 Å². The van der Waals surface area contributed by atoms with Gasteiger partial charge < -0.3 is 10.3 Å². The highest BCUT2D eigenvalue weighted by molar-refractivity contribution is 7.89. The molecule has 1 aliphatic rings. The van der Waals surface area contributed by atoms with Gasteiger partial charge >= 0.3 is 0 Å². The first-order valence-electron chi connectivity index (χ1n) is 6.88. The van der Waals surface area contributed by atoms with E-state index < -0.39 is 10.0 Å². The van der Waals surface area contributed by atoms with E-state index in [1.165, 1.54) is 6.07 Å². The third kappa shape index (κ3) is 3.92. The zero-order chi connectivity index (χ0) is 15.5. The van der Waals surface area contributed by atoms with Crippen LogP contribution < -0.4 is 16.0 Å². The largest absolute Gasteiger partial charge is 0.323 e. The molecule has 1 aliphatic heterocycles. The summed E-state index contributed by atoms with van der Waals surface area (Å²) in [5.74, 6) is 5.37. The quantitative estimate of drug-likeness (QED) is 0.501. The van der Waals surface area contributed by atoms with E-state index in [1.807, 2.05) is 14.1 Å². The molecule has 1 atom stereocenters. The zero-order valence-electron chi connectivity index (χ0n) is 12.4. The molecule has 0 bridgehead atoms. The minimum atomic E-state index is -3.58. The first-order valence-corrected chi connectivity index (χ1v) is 8.36. The van der Waals surface area contributed by atoms with E-state index in [1.54, 1.807) is 18.2 Å². The van der Waals surface area contributed by atoms with Crippen molar-refractivity contribution in [1.29, 1.82) is 0 Å². The molecule has 1 heterocycles. The molecule has 0 aliphatic carbocycles. The predicted molar refractivity (Wildman–Crippen MR) is 83.4 cm³/mol. The Bertz CT molecular complexity index is 578. The van der Waals surface area contributed by atoms with Crippen LogP contribution in [0.4, 0.5) is 5.69 Å². The third-order valence-electron chi connectivity index (χ3n) is 3.82. The first-order chi connectivity index (χ1) is 9.94. The molecule has 1 unspecified atom stereocenters. The molecule has 0 saturated carbocycles. The second kappa shape index (κ2) is 6.71. The Balaban J connectivity index is 2.07. The normalized spacial score (nSPS) is 21.4. The molecule has 0 radical (unpaired) electrons. The van der Waals surface area contributed by atoms with Gasteiger partial charge in [-0.05, 0) is 26.2 Å². The highest BCUT2D eigenvalue weighted by Crippen LogP contribution is 2.19. The lowest BCUT2D eigenvalue weighted by molar-refractivity contribution is 0.117. The van der Waals surface area contributed by atoms with Gasteiger partial charge in [-0.2, -0.15) is 0 Å². The van der Waals surface area contributed by atoms with Crippen molar-refractivity contribution in [1.82, 2.24) is 14.5 Å². The average molecular weight is 313 g/mol. The van der Waals surface area contributed by atoms with Crippen molar-refractivity contribution < 1.29 is 8.42 Å². The second-order valence-corrected chi connectivity index (χ2v) is 7.12. The number of hydrogen-bond donors (Lipinski definition) is 3. The van der Waals surface area contributed by atoms with Crippen molar-refractivity contribution in [3.63, 3.8) is 0 Å². The summed E-state index contributed by atoms with van der Waals surface area (Å²) >= 11 is 0.